The third-order valence-electron chi connectivity index (χ3n) is 1.94. The van der Waals surface area contributed by atoms with Crippen LogP contribution in [0.25, 0.3) is 0 Å². The first-order chi connectivity index (χ1) is 8.49. The van der Waals surface area contributed by atoms with Gasteiger partial charge in [0.15, 0.2) is 9.84 Å². The number of rotatable bonds is 4. The van der Waals surface area contributed by atoms with Crippen molar-refractivity contribution in [1.29, 1.82) is 0 Å². The lowest BCUT2D eigenvalue weighted by Crippen LogP contribution is -2.22. The van der Waals surface area contributed by atoms with Gasteiger partial charge in [0.2, 0.25) is 15.9 Å². The fraction of sp³-hybridized carbons (Fsp3) is 0.222. The van der Waals surface area contributed by atoms with Gasteiger partial charge in [0, 0.05) is 10.7 Å². The second-order valence-electron chi connectivity index (χ2n) is 3.80. The van der Waals surface area contributed by atoms with Crippen molar-refractivity contribution in [2.45, 2.75) is 4.90 Å². The van der Waals surface area contributed by atoms with Crippen LogP contribution in [0.4, 0.5) is 5.69 Å². The Morgan fingerprint density at radius 1 is 1.32 bits per heavy atom. The average molecular weight is 371 g/mol. The predicted molar refractivity (Wildman–Crippen MR) is 73.9 cm³/mol. The van der Waals surface area contributed by atoms with Crippen LogP contribution < -0.4 is 10.5 Å². The van der Waals surface area contributed by atoms with Crippen LogP contribution in [0.3, 0.4) is 0 Å². The van der Waals surface area contributed by atoms with Gasteiger partial charge in [0.1, 0.15) is 5.75 Å². The van der Waals surface area contributed by atoms with Crippen LogP contribution in [-0.2, 0) is 24.7 Å². The molecule has 3 N–H and O–H groups in total. The molecule has 0 radical (unpaired) electrons. The molecule has 10 heteroatoms. The number of primary sulfonamides is 1. The highest BCUT2D eigenvalue weighted by atomic mass is 79.9. The maximum Gasteiger partial charge on any atom is 0.239 e. The molecular formula is C9H11BrN2O5S2. The Balaban J connectivity index is 2.96. The molecule has 0 aromatic heterocycles. The lowest BCUT2D eigenvalue weighted by Gasteiger charge is -2.08. The number of halogens is 1. The van der Waals surface area contributed by atoms with Crippen molar-refractivity contribution in [3.8, 4) is 0 Å². The number of nitrogens with one attached hydrogen (secondary N) is 1. The molecule has 0 aliphatic heterocycles. The molecule has 0 bridgehead atoms. The minimum Gasteiger partial charge on any atom is -0.324 e. The van der Waals surface area contributed by atoms with E-state index in [4.69, 9.17) is 5.14 Å². The van der Waals surface area contributed by atoms with Crippen molar-refractivity contribution >= 4 is 47.4 Å². The standard InChI is InChI=1S/C9H11BrN2O5S2/c1-18(14,15)5-9(13)12-8-3-2-6(4-7(8)10)19(11,16)17/h2-4H,5H2,1H3,(H,12,13)(H2,11,16,17). The zero-order valence-corrected chi connectivity index (χ0v) is 13.0. The van der Waals surface area contributed by atoms with Crippen molar-refractivity contribution in [3.63, 3.8) is 0 Å². The van der Waals surface area contributed by atoms with Crippen LogP contribution in [0.15, 0.2) is 27.6 Å². The molecule has 0 heterocycles. The predicted octanol–water partition coefficient (Wildman–Crippen LogP) is 0.0796. The van der Waals surface area contributed by atoms with Gasteiger partial charge in [-0.05, 0) is 34.1 Å². The Morgan fingerprint density at radius 3 is 2.32 bits per heavy atom. The largest absolute Gasteiger partial charge is 0.324 e. The zero-order chi connectivity index (χ0) is 14.8. The molecule has 19 heavy (non-hydrogen) atoms. The quantitative estimate of drug-likeness (QED) is 0.776. The second-order valence-corrected chi connectivity index (χ2v) is 8.36. The van der Waals surface area contributed by atoms with Crippen LogP contribution in [0.5, 0.6) is 0 Å². The van der Waals surface area contributed by atoms with E-state index in [1.54, 1.807) is 0 Å². The molecule has 0 saturated carbocycles. The van der Waals surface area contributed by atoms with Gasteiger partial charge in [0.25, 0.3) is 0 Å². The van der Waals surface area contributed by atoms with Crippen LogP contribution in [0.1, 0.15) is 0 Å². The number of anilines is 1. The summed E-state index contributed by atoms with van der Waals surface area (Å²) in [4.78, 5) is 11.3. The molecule has 0 aliphatic carbocycles. The maximum atomic E-state index is 11.4. The monoisotopic (exact) mass is 370 g/mol. The Morgan fingerprint density at radius 2 is 1.89 bits per heavy atom. The fourth-order valence-electron chi connectivity index (χ4n) is 1.20. The van der Waals surface area contributed by atoms with Crippen molar-refractivity contribution in [3.05, 3.63) is 22.7 Å². The molecule has 0 unspecified atom stereocenters. The maximum absolute atomic E-state index is 11.4. The number of benzene rings is 1. The Hall–Kier alpha value is -0.970. The Kier molecular flexibility index (Phi) is 4.72. The average Bonchev–Trinajstić information content (AvgIpc) is 2.16. The molecule has 7 nitrogen and oxygen atoms in total. The topological polar surface area (TPSA) is 123 Å². The number of sulfonamides is 1. The van der Waals surface area contributed by atoms with Crippen molar-refractivity contribution in [1.82, 2.24) is 0 Å². The van der Waals surface area contributed by atoms with E-state index < -0.39 is 31.5 Å². The number of amides is 1. The highest BCUT2D eigenvalue weighted by Crippen LogP contribution is 2.25. The van der Waals surface area contributed by atoms with Crippen molar-refractivity contribution in [2.24, 2.45) is 5.14 Å². The lowest BCUT2D eigenvalue weighted by molar-refractivity contribution is -0.113. The van der Waals surface area contributed by atoms with Crippen molar-refractivity contribution in [2.75, 3.05) is 17.3 Å². The Labute approximate surface area is 119 Å². The molecule has 1 aromatic carbocycles. The van der Waals surface area contributed by atoms with Gasteiger partial charge in [0.05, 0.1) is 10.6 Å². The molecule has 0 saturated heterocycles. The summed E-state index contributed by atoms with van der Waals surface area (Å²) in [6.45, 7) is 0. The number of hydrogen-bond acceptors (Lipinski definition) is 5. The summed E-state index contributed by atoms with van der Waals surface area (Å²) in [5.74, 6) is -1.37. The molecule has 1 amide bonds. The first-order valence-corrected chi connectivity index (χ1v) is 9.19. The third kappa shape index (κ3) is 5.27. The highest BCUT2D eigenvalue weighted by molar-refractivity contribution is 9.10. The molecule has 0 fully saturated rings. The van der Waals surface area contributed by atoms with Gasteiger partial charge < -0.3 is 5.32 Å². The summed E-state index contributed by atoms with van der Waals surface area (Å²) in [6.07, 6.45) is 0.936. The molecule has 0 spiro atoms. The minimum atomic E-state index is -3.84. The normalized spacial score (nSPS) is 12.2. The SMILES string of the molecule is CS(=O)(=O)CC(=O)Nc1ccc(S(N)(=O)=O)cc1Br. The van der Waals surface area contributed by atoms with Gasteiger partial charge in [-0.2, -0.15) is 0 Å². The fourth-order valence-corrected chi connectivity index (χ4v) is 2.92. The molecule has 1 rings (SSSR count). The van der Waals surface area contributed by atoms with Crippen molar-refractivity contribution < 1.29 is 21.6 Å². The van der Waals surface area contributed by atoms with E-state index in [2.05, 4.69) is 21.2 Å². The highest BCUT2D eigenvalue weighted by Gasteiger charge is 2.14. The summed E-state index contributed by atoms with van der Waals surface area (Å²) in [5.41, 5.74) is 0.251. The smallest absolute Gasteiger partial charge is 0.239 e. The van der Waals surface area contributed by atoms with E-state index >= 15 is 0 Å². The number of nitrogens with two attached hydrogens (primary N) is 1. The van der Waals surface area contributed by atoms with Gasteiger partial charge in [-0.1, -0.05) is 0 Å². The van der Waals surface area contributed by atoms with Crippen LogP contribution in [0.2, 0.25) is 0 Å². The number of sulfone groups is 1. The number of carbonyl (C=O) groups is 1. The molecular weight excluding hydrogens is 360 g/mol. The van der Waals surface area contributed by atoms with E-state index in [0.717, 1.165) is 6.26 Å². The van der Waals surface area contributed by atoms with Crippen LogP contribution in [-0.4, -0.2) is 34.8 Å². The van der Waals surface area contributed by atoms with E-state index in [9.17, 15) is 21.6 Å². The summed E-state index contributed by atoms with van der Waals surface area (Å²) in [7, 11) is -7.27. The molecule has 106 valence electrons. The minimum absolute atomic E-state index is 0.125. The first-order valence-electron chi connectivity index (χ1n) is 4.79. The van der Waals surface area contributed by atoms with Crippen LogP contribution >= 0.6 is 15.9 Å². The van der Waals surface area contributed by atoms with E-state index in [0.29, 0.717) is 0 Å². The van der Waals surface area contributed by atoms with Gasteiger partial charge in [-0.25, -0.2) is 22.0 Å². The summed E-state index contributed by atoms with van der Waals surface area (Å²) < 4.78 is 44.3. The molecule has 1 aromatic rings. The van der Waals surface area contributed by atoms with Gasteiger partial charge >= 0.3 is 0 Å². The summed E-state index contributed by atoms with van der Waals surface area (Å²) in [5, 5.41) is 7.29. The molecule has 0 atom stereocenters. The van der Waals surface area contributed by atoms with Gasteiger partial charge in [-0.15, -0.1) is 0 Å². The number of carbonyl (C=O) groups excluding carboxylic acids is 1. The Bertz CT molecular complexity index is 712. The van der Waals surface area contributed by atoms with E-state index in [1.165, 1.54) is 18.2 Å². The van der Waals surface area contributed by atoms with Gasteiger partial charge in [-0.3, -0.25) is 4.79 Å². The number of hydrogen-bond donors (Lipinski definition) is 2. The lowest BCUT2D eigenvalue weighted by atomic mass is 10.3. The van der Waals surface area contributed by atoms with Crippen LogP contribution in [0, 0.1) is 0 Å². The summed E-state index contributed by atoms with van der Waals surface area (Å²) in [6, 6.07) is 3.73. The van der Waals surface area contributed by atoms with E-state index in [1.807, 2.05) is 0 Å². The summed E-state index contributed by atoms with van der Waals surface area (Å²) >= 11 is 3.06. The zero-order valence-electron chi connectivity index (χ0n) is 9.75. The first kappa shape index (κ1) is 16.1. The van der Waals surface area contributed by atoms with E-state index in [-0.39, 0.29) is 15.1 Å². The molecule has 0 aliphatic rings. The second kappa shape index (κ2) is 5.57. The third-order valence-corrected chi connectivity index (χ3v) is 4.29.